The molecule has 29 heavy (non-hydrogen) atoms. The first kappa shape index (κ1) is 25.1. The molecule has 2 unspecified atom stereocenters. The number of morpholine rings is 1. The van der Waals surface area contributed by atoms with E-state index in [1.54, 1.807) is 0 Å². The molecule has 3 aliphatic rings. The van der Waals surface area contributed by atoms with Gasteiger partial charge in [0.05, 0.1) is 38.6 Å². The number of guanidine groups is 1. The summed E-state index contributed by atoms with van der Waals surface area (Å²) in [5, 5.41) is 3.48. The zero-order valence-electron chi connectivity index (χ0n) is 18.3. The third-order valence-electron chi connectivity index (χ3n) is 6.04. The maximum Gasteiger partial charge on any atom is 0.193 e. The van der Waals surface area contributed by atoms with Crippen molar-refractivity contribution in [2.75, 3.05) is 65.7 Å². The summed E-state index contributed by atoms with van der Waals surface area (Å²) in [4.78, 5) is 9.82. The van der Waals surface area contributed by atoms with E-state index in [0.717, 1.165) is 90.9 Å². The van der Waals surface area contributed by atoms with Gasteiger partial charge in [-0.15, -0.1) is 24.0 Å². The monoisotopic (exact) mass is 524 g/mol. The fourth-order valence-corrected chi connectivity index (χ4v) is 4.19. The maximum atomic E-state index is 6.16. The van der Waals surface area contributed by atoms with Crippen molar-refractivity contribution in [3.63, 3.8) is 0 Å². The summed E-state index contributed by atoms with van der Waals surface area (Å²) in [5.74, 6) is 1.05. The van der Waals surface area contributed by atoms with Crippen molar-refractivity contribution in [1.29, 1.82) is 0 Å². The Labute approximate surface area is 193 Å². The van der Waals surface area contributed by atoms with Crippen LogP contribution in [-0.2, 0) is 14.2 Å². The van der Waals surface area contributed by atoms with Crippen LogP contribution >= 0.6 is 24.0 Å². The second-order valence-corrected chi connectivity index (χ2v) is 8.20. The first-order valence-electron chi connectivity index (χ1n) is 11.3. The Morgan fingerprint density at radius 1 is 1.10 bits per heavy atom. The van der Waals surface area contributed by atoms with Crippen LogP contribution in [-0.4, -0.2) is 99.7 Å². The van der Waals surface area contributed by atoms with Crippen molar-refractivity contribution < 1.29 is 14.2 Å². The highest BCUT2D eigenvalue weighted by Gasteiger charge is 2.24. The van der Waals surface area contributed by atoms with E-state index < -0.39 is 0 Å². The topological polar surface area (TPSA) is 58.6 Å². The number of rotatable bonds is 7. The van der Waals surface area contributed by atoms with E-state index in [1.807, 2.05) is 0 Å². The minimum atomic E-state index is 0. The van der Waals surface area contributed by atoms with Crippen molar-refractivity contribution in [2.45, 2.75) is 64.2 Å². The number of hydrogen-bond acceptors (Lipinski definition) is 5. The SMILES string of the molecule is CCNC(=NCC(C)N1CCOCC1)N1CCC(OCC2CCCCO2)CC1.I. The lowest BCUT2D eigenvalue weighted by Crippen LogP contribution is -2.48. The largest absolute Gasteiger partial charge is 0.379 e. The van der Waals surface area contributed by atoms with Crippen LogP contribution in [0.2, 0.25) is 0 Å². The van der Waals surface area contributed by atoms with Crippen LogP contribution in [0.15, 0.2) is 4.99 Å². The van der Waals surface area contributed by atoms with Gasteiger partial charge in [0.1, 0.15) is 0 Å². The lowest BCUT2D eigenvalue weighted by molar-refractivity contribution is -0.0721. The maximum absolute atomic E-state index is 6.16. The lowest BCUT2D eigenvalue weighted by atomic mass is 10.1. The third-order valence-corrected chi connectivity index (χ3v) is 6.04. The van der Waals surface area contributed by atoms with Gasteiger partial charge in [0, 0.05) is 45.4 Å². The van der Waals surface area contributed by atoms with E-state index in [2.05, 4.69) is 29.0 Å². The van der Waals surface area contributed by atoms with Gasteiger partial charge in [0.25, 0.3) is 0 Å². The first-order chi connectivity index (χ1) is 13.8. The number of piperidine rings is 1. The van der Waals surface area contributed by atoms with Crippen LogP contribution in [0.25, 0.3) is 0 Å². The number of nitrogens with zero attached hydrogens (tertiary/aromatic N) is 3. The summed E-state index contributed by atoms with van der Waals surface area (Å²) in [7, 11) is 0. The molecule has 3 fully saturated rings. The quantitative estimate of drug-likeness (QED) is 0.314. The van der Waals surface area contributed by atoms with Gasteiger partial charge in [0.2, 0.25) is 0 Å². The van der Waals surface area contributed by atoms with Crippen molar-refractivity contribution in [1.82, 2.24) is 15.1 Å². The molecule has 0 radical (unpaired) electrons. The molecule has 0 aromatic heterocycles. The van der Waals surface area contributed by atoms with Gasteiger partial charge in [-0.1, -0.05) is 0 Å². The van der Waals surface area contributed by atoms with Gasteiger partial charge >= 0.3 is 0 Å². The molecule has 1 N–H and O–H groups in total. The molecule has 3 heterocycles. The summed E-state index contributed by atoms with van der Waals surface area (Å²) in [6.07, 6.45) is 6.43. The minimum Gasteiger partial charge on any atom is -0.379 e. The van der Waals surface area contributed by atoms with E-state index >= 15 is 0 Å². The van der Waals surface area contributed by atoms with Crippen LogP contribution in [0, 0.1) is 0 Å². The number of hydrogen-bond donors (Lipinski definition) is 1. The van der Waals surface area contributed by atoms with Crippen molar-refractivity contribution in [3.8, 4) is 0 Å². The fraction of sp³-hybridized carbons (Fsp3) is 0.952. The van der Waals surface area contributed by atoms with E-state index in [4.69, 9.17) is 19.2 Å². The highest BCUT2D eigenvalue weighted by atomic mass is 127. The Hall–Kier alpha value is -0.160. The average Bonchev–Trinajstić information content (AvgIpc) is 2.77. The zero-order chi connectivity index (χ0) is 19.6. The Bertz CT molecular complexity index is 463. The molecule has 0 aromatic carbocycles. The van der Waals surface area contributed by atoms with Gasteiger partial charge in [-0.25, -0.2) is 0 Å². The molecule has 0 spiro atoms. The van der Waals surface area contributed by atoms with E-state index in [1.165, 1.54) is 12.8 Å². The van der Waals surface area contributed by atoms with Crippen LogP contribution in [0.5, 0.6) is 0 Å². The molecule has 0 aromatic rings. The summed E-state index contributed by atoms with van der Waals surface area (Å²) in [6, 6.07) is 0.453. The Kier molecular flexibility index (Phi) is 12.1. The standard InChI is InChI=1S/C21H40N4O3.HI/c1-3-22-21(23-16-18(2)24-11-14-26-15-12-24)25-9-7-19(8-10-25)28-17-20-6-4-5-13-27-20;/h18-20H,3-17H2,1-2H3,(H,22,23);1H. The van der Waals surface area contributed by atoms with Gasteiger partial charge in [0.15, 0.2) is 5.96 Å². The number of halogens is 1. The van der Waals surface area contributed by atoms with Gasteiger partial charge in [-0.05, 0) is 46.0 Å². The molecule has 8 heteroatoms. The minimum absolute atomic E-state index is 0. The summed E-state index contributed by atoms with van der Waals surface area (Å²) >= 11 is 0. The molecular weight excluding hydrogens is 483 g/mol. The number of nitrogens with one attached hydrogen (secondary N) is 1. The fourth-order valence-electron chi connectivity index (χ4n) is 4.19. The van der Waals surface area contributed by atoms with Crippen molar-refractivity contribution in [2.24, 2.45) is 4.99 Å². The Morgan fingerprint density at radius 3 is 2.52 bits per heavy atom. The second-order valence-electron chi connectivity index (χ2n) is 8.20. The molecule has 0 aliphatic carbocycles. The van der Waals surface area contributed by atoms with Crippen LogP contribution < -0.4 is 5.32 Å². The van der Waals surface area contributed by atoms with Gasteiger partial charge in [-0.3, -0.25) is 9.89 Å². The highest BCUT2D eigenvalue weighted by Crippen LogP contribution is 2.18. The molecule has 0 amide bonds. The number of aliphatic imine (C=N–C) groups is 1. The predicted molar refractivity (Wildman–Crippen MR) is 127 cm³/mol. The van der Waals surface area contributed by atoms with Gasteiger partial charge < -0.3 is 24.4 Å². The molecular formula is C21H41IN4O3. The van der Waals surface area contributed by atoms with Crippen LogP contribution in [0.4, 0.5) is 0 Å². The number of likely N-dealkylation sites (tertiary alicyclic amines) is 1. The van der Waals surface area contributed by atoms with Crippen LogP contribution in [0.3, 0.4) is 0 Å². The van der Waals surface area contributed by atoms with E-state index in [0.29, 0.717) is 18.2 Å². The van der Waals surface area contributed by atoms with Crippen LogP contribution in [0.1, 0.15) is 46.0 Å². The number of ether oxygens (including phenoxy) is 3. The molecule has 0 bridgehead atoms. The summed E-state index contributed by atoms with van der Waals surface area (Å²) < 4.78 is 17.4. The average molecular weight is 524 g/mol. The molecule has 7 nitrogen and oxygen atoms in total. The van der Waals surface area contributed by atoms with E-state index in [9.17, 15) is 0 Å². The summed E-state index contributed by atoms with van der Waals surface area (Å²) in [6.45, 7) is 13.5. The Balaban J connectivity index is 0.00000300. The smallest absolute Gasteiger partial charge is 0.193 e. The first-order valence-corrected chi connectivity index (χ1v) is 11.3. The van der Waals surface area contributed by atoms with E-state index in [-0.39, 0.29) is 24.0 Å². The molecule has 3 saturated heterocycles. The lowest BCUT2D eigenvalue weighted by Gasteiger charge is -2.35. The zero-order valence-corrected chi connectivity index (χ0v) is 20.6. The molecule has 3 rings (SSSR count). The van der Waals surface area contributed by atoms with Crippen molar-refractivity contribution in [3.05, 3.63) is 0 Å². The molecule has 0 saturated carbocycles. The molecule has 3 aliphatic heterocycles. The molecule has 170 valence electrons. The van der Waals surface area contributed by atoms with Crippen molar-refractivity contribution >= 4 is 29.9 Å². The molecule has 2 atom stereocenters. The highest BCUT2D eigenvalue weighted by molar-refractivity contribution is 14.0. The Morgan fingerprint density at radius 2 is 1.86 bits per heavy atom. The third kappa shape index (κ3) is 8.47. The second kappa shape index (κ2) is 14.0. The summed E-state index contributed by atoms with van der Waals surface area (Å²) in [5.41, 5.74) is 0. The predicted octanol–water partition coefficient (Wildman–Crippen LogP) is 2.34. The van der Waals surface area contributed by atoms with Gasteiger partial charge in [-0.2, -0.15) is 0 Å². The normalized spacial score (nSPS) is 26.1.